The predicted octanol–water partition coefficient (Wildman–Crippen LogP) is 0.450. The largest absolute Gasteiger partial charge is 0.480 e. The third-order valence-corrected chi connectivity index (χ3v) is 3.09. The molecule has 0 unspecified atom stereocenters. The lowest BCUT2D eigenvalue weighted by Gasteiger charge is -2.31. The molecule has 1 aliphatic rings. The summed E-state index contributed by atoms with van der Waals surface area (Å²) in [5.41, 5.74) is -1.14. The Morgan fingerprint density at radius 1 is 1.44 bits per heavy atom. The van der Waals surface area contributed by atoms with Crippen LogP contribution in [0.25, 0.3) is 0 Å². The molecule has 2 N–H and O–H groups in total. The molecule has 5 heteroatoms. The molecule has 0 aliphatic heterocycles. The number of amides is 1. The summed E-state index contributed by atoms with van der Waals surface area (Å²) < 4.78 is 0. The van der Waals surface area contributed by atoms with Gasteiger partial charge >= 0.3 is 5.97 Å². The number of likely N-dealkylation sites (N-methyl/N-ethyl adjacent to an activating group) is 1. The third kappa shape index (κ3) is 3.20. The molecule has 5 nitrogen and oxygen atoms in total. The smallest absolute Gasteiger partial charge is 0.329 e. The predicted molar refractivity (Wildman–Crippen MR) is 60.1 cm³/mol. The van der Waals surface area contributed by atoms with Crippen molar-refractivity contribution in [1.29, 1.82) is 0 Å². The Kier molecular flexibility index (Phi) is 3.91. The molecule has 92 valence electrons. The lowest BCUT2D eigenvalue weighted by molar-refractivity contribution is -0.155. The first kappa shape index (κ1) is 13.0. The zero-order chi connectivity index (χ0) is 12.3. The van der Waals surface area contributed by atoms with E-state index in [1.807, 2.05) is 0 Å². The molecule has 0 radical (unpaired) electrons. The Balaban J connectivity index is 2.36. The van der Waals surface area contributed by atoms with Crippen LogP contribution < -0.4 is 5.32 Å². The first-order valence-corrected chi connectivity index (χ1v) is 5.59. The van der Waals surface area contributed by atoms with Crippen LogP contribution in [0.3, 0.4) is 0 Å². The average Bonchev–Trinajstić information content (AvgIpc) is 3.00. The maximum absolute atomic E-state index is 11.7. The third-order valence-electron chi connectivity index (χ3n) is 3.09. The first-order chi connectivity index (χ1) is 7.35. The van der Waals surface area contributed by atoms with E-state index in [2.05, 4.69) is 5.32 Å². The first-order valence-electron chi connectivity index (χ1n) is 5.59. The monoisotopic (exact) mass is 228 g/mol. The standard InChI is InChI=1S/C11H20N2O3/c1-11(2,10(15)16)13(3)9(14)6-7-12-8-4-5-8/h8,12H,4-7H2,1-3H3,(H,15,16). The van der Waals surface area contributed by atoms with Crippen molar-refractivity contribution in [3.63, 3.8) is 0 Å². The van der Waals surface area contributed by atoms with Crippen molar-refractivity contribution in [3.05, 3.63) is 0 Å². The van der Waals surface area contributed by atoms with Crippen LogP contribution in [0.4, 0.5) is 0 Å². The van der Waals surface area contributed by atoms with E-state index in [1.165, 1.54) is 38.6 Å². The van der Waals surface area contributed by atoms with Gasteiger partial charge in [0.25, 0.3) is 0 Å². The highest BCUT2D eigenvalue weighted by Gasteiger charge is 2.34. The van der Waals surface area contributed by atoms with Crippen molar-refractivity contribution in [2.75, 3.05) is 13.6 Å². The van der Waals surface area contributed by atoms with Crippen molar-refractivity contribution in [2.24, 2.45) is 0 Å². The number of nitrogens with one attached hydrogen (secondary N) is 1. The van der Waals surface area contributed by atoms with Gasteiger partial charge in [-0.15, -0.1) is 0 Å². The fourth-order valence-corrected chi connectivity index (χ4v) is 1.29. The van der Waals surface area contributed by atoms with E-state index in [1.54, 1.807) is 0 Å². The number of rotatable bonds is 6. The maximum Gasteiger partial charge on any atom is 0.329 e. The number of carbonyl (C=O) groups excluding carboxylic acids is 1. The zero-order valence-electron chi connectivity index (χ0n) is 10.1. The van der Waals surface area contributed by atoms with Gasteiger partial charge in [0.2, 0.25) is 5.91 Å². The highest BCUT2D eigenvalue weighted by Crippen LogP contribution is 2.18. The van der Waals surface area contributed by atoms with Crippen molar-refractivity contribution in [2.45, 2.75) is 44.7 Å². The van der Waals surface area contributed by atoms with Crippen LogP contribution in [0.1, 0.15) is 33.1 Å². The summed E-state index contributed by atoms with van der Waals surface area (Å²) in [5, 5.41) is 12.2. The van der Waals surface area contributed by atoms with E-state index in [9.17, 15) is 9.59 Å². The lowest BCUT2D eigenvalue weighted by atomic mass is 10.0. The van der Waals surface area contributed by atoms with Gasteiger partial charge in [0, 0.05) is 26.1 Å². The van der Waals surface area contributed by atoms with Crippen molar-refractivity contribution >= 4 is 11.9 Å². The van der Waals surface area contributed by atoms with Crippen LogP contribution in [-0.4, -0.2) is 47.1 Å². The van der Waals surface area contributed by atoms with Gasteiger partial charge in [0.05, 0.1) is 0 Å². The van der Waals surface area contributed by atoms with Gasteiger partial charge in [-0.05, 0) is 26.7 Å². The van der Waals surface area contributed by atoms with E-state index in [0.717, 1.165) is 0 Å². The van der Waals surface area contributed by atoms with E-state index in [-0.39, 0.29) is 5.91 Å². The minimum atomic E-state index is -1.14. The van der Waals surface area contributed by atoms with Gasteiger partial charge in [0.1, 0.15) is 5.54 Å². The Hall–Kier alpha value is -1.10. The molecular weight excluding hydrogens is 208 g/mol. The second kappa shape index (κ2) is 4.82. The Labute approximate surface area is 95.8 Å². The minimum absolute atomic E-state index is 0.138. The van der Waals surface area contributed by atoms with Crippen LogP contribution in [-0.2, 0) is 9.59 Å². The number of carbonyl (C=O) groups is 2. The summed E-state index contributed by atoms with van der Waals surface area (Å²) in [7, 11) is 1.54. The molecule has 1 aliphatic carbocycles. The molecule has 0 aromatic heterocycles. The summed E-state index contributed by atoms with van der Waals surface area (Å²) in [5.74, 6) is -1.13. The number of nitrogens with zero attached hydrogens (tertiary/aromatic N) is 1. The van der Waals surface area contributed by atoms with Gasteiger partial charge in [-0.3, -0.25) is 4.79 Å². The molecule has 0 saturated heterocycles. The van der Waals surface area contributed by atoms with Gasteiger partial charge in [-0.1, -0.05) is 0 Å². The SMILES string of the molecule is CN(C(=O)CCNC1CC1)C(C)(C)C(=O)O. The highest BCUT2D eigenvalue weighted by molar-refractivity contribution is 5.86. The fraction of sp³-hybridized carbons (Fsp3) is 0.818. The molecule has 0 spiro atoms. The molecule has 16 heavy (non-hydrogen) atoms. The van der Waals surface area contributed by atoms with Crippen molar-refractivity contribution < 1.29 is 14.7 Å². The molecule has 1 saturated carbocycles. The Morgan fingerprint density at radius 2 is 2.00 bits per heavy atom. The molecule has 1 amide bonds. The molecule has 0 bridgehead atoms. The molecule has 0 aromatic rings. The summed E-state index contributed by atoms with van der Waals surface area (Å²) in [6, 6.07) is 0.575. The van der Waals surface area contributed by atoms with Gasteiger partial charge in [-0.2, -0.15) is 0 Å². The summed E-state index contributed by atoms with van der Waals surface area (Å²) in [4.78, 5) is 24.0. The Morgan fingerprint density at radius 3 is 2.44 bits per heavy atom. The molecule has 0 atom stereocenters. The second-order valence-electron chi connectivity index (χ2n) is 4.80. The molecule has 1 rings (SSSR count). The molecule has 1 fully saturated rings. The van der Waals surface area contributed by atoms with Gasteiger partial charge < -0.3 is 15.3 Å². The van der Waals surface area contributed by atoms with Crippen LogP contribution >= 0.6 is 0 Å². The van der Waals surface area contributed by atoms with E-state index < -0.39 is 11.5 Å². The number of hydrogen-bond acceptors (Lipinski definition) is 3. The number of carboxylic acid groups (broad SMARTS) is 1. The van der Waals surface area contributed by atoms with E-state index >= 15 is 0 Å². The molecule has 0 heterocycles. The highest BCUT2D eigenvalue weighted by atomic mass is 16.4. The van der Waals surface area contributed by atoms with Crippen LogP contribution in [0.15, 0.2) is 0 Å². The zero-order valence-corrected chi connectivity index (χ0v) is 10.1. The second-order valence-corrected chi connectivity index (χ2v) is 4.80. The Bertz CT molecular complexity index is 285. The topological polar surface area (TPSA) is 69.6 Å². The summed E-state index contributed by atoms with van der Waals surface area (Å²) in [6.45, 7) is 3.69. The van der Waals surface area contributed by atoms with Crippen LogP contribution in [0.5, 0.6) is 0 Å². The quantitative estimate of drug-likeness (QED) is 0.692. The van der Waals surface area contributed by atoms with E-state index in [0.29, 0.717) is 19.0 Å². The van der Waals surface area contributed by atoms with Crippen molar-refractivity contribution in [1.82, 2.24) is 10.2 Å². The summed E-state index contributed by atoms with van der Waals surface area (Å²) >= 11 is 0. The minimum Gasteiger partial charge on any atom is -0.480 e. The van der Waals surface area contributed by atoms with Gasteiger partial charge in [0.15, 0.2) is 0 Å². The number of carboxylic acids is 1. The lowest BCUT2D eigenvalue weighted by Crippen LogP contribution is -2.51. The van der Waals surface area contributed by atoms with E-state index in [4.69, 9.17) is 5.11 Å². The molecular formula is C11H20N2O3. The maximum atomic E-state index is 11.7. The molecule has 0 aromatic carbocycles. The van der Waals surface area contributed by atoms with Crippen LogP contribution in [0.2, 0.25) is 0 Å². The van der Waals surface area contributed by atoms with Crippen LogP contribution in [0, 0.1) is 0 Å². The number of aliphatic carboxylic acids is 1. The average molecular weight is 228 g/mol. The summed E-state index contributed by atoms with van der Waals surface area (Å²) in [6.07, 6.45) is 2.72. The van der Waals surface area contributed by atoms with Gasteiger partial charge in [-0.25, -0.2) is 4.79 Å². The van der Waals surface area contributed by atoms with Crippen molar-refractivity contribution in [3.8, 4) is 0 Å². The number of hydrogen-bond donors (Lipinski definition) is 2. The normalized spacial score (nSPS) is 15.9. The fourth-order valence-electron chi connectivity index (χ4n) is 1.29.